The van der Waals surface area contributed by atoms with Gasteiger partial charge in [0.15, 0.2) is 0 Å². The van der Waals surface area contributed by atoms with Crippen molar-refractivity contribution in [3.8, 4) is 22.4 Å². The first-order chi connectivity index (χ1) is 25.6. The molecule has 2 unspecified atom stereocenters. The van der Waals surface area contributed by atoms with E-state index in [2.05, 4.69) is 43.5 Å². The van der Waals surface area contributed by atoms with Crippen molar-refractivity contribution in [2.24, 2.45) is 5.92 Å². The molecule has 14 nitrogen and oxygen atoms in total. The molecule has 1 aromatic carbocycles. The van der Waals surface area contributed by atoms with Gasteiger partial charge in [0.05, 0.1) is 52.6 Å². The second-order valence-corrected chi connectivity index (χ2v) is 15.3. The summed E-state index contributed by atoms with van der Waals surface area (Å²) in [6, 6.07) is 4.14. The minimum Gasteiger partial charge on any atom is -0.453 e. The van der Waals surface area contributed by atoms with E-state index in [4.69, 9.17) is 19.4 Å². The molecular weight excluding hydrogens is 717 g/mol. The number of aromatic nitrogens is 4. The number of fused-ring (bicyclic) bond motifs is 2. The zero-order valence-electron chi connectivity index (χ0n) is 30.1. The molecular formula is C37H42N8O6S2. The van der Waals surface area contributed by atoms with Crippen LogP contribution >= 0.6 is 22.7 Å². The fraction of sp³-hybridized carbons (Fsp3) is 0.405. The highest BCUT2D eigenvalue weighted by atomic mass is 32.1. The lowest BCUT2D eigenvalue weighted by Crippen LogP contribution is -2.51. The minimum absolute atomic E-state index is 0.137. The van der Waals surface area contributed by atoms with Gasteiger partial charge in [-0.3, -0.25) is 9.59 Å². The number of rotatable bonds is 10. The fourth-order valence-corrected chi connectivity index (χ4v) is 9.55. The zero-order valence-corrected chi connectivity index (χ0v) is 31.7. The van der Waals surface area contributed by atoms with Crippen molar-refractivity contribution < 1.29 is 28.7 Å². The first kappa shape index (κ1) is 36.2. The normalized spacial score (nSPS) is 18.2. The molecule has 6 heterocycles. The fourth-order valence-electron chi connectivity index (χ4n) is 7.11. The Morgan fingerprint density at radius 3 is 2.43 bits per heavy atom. The number of methoxy groups -OCH3 is 2. The predicted octanol–water partition coefficient (Wildman–Crippen LogP) is 6.51. The van der Waals surface area contributed by atoms with Crippen LogP contribution in [0.1, 0.15) is 63.8 Å². The lowest BCUT2D eigenvalue weighted by Gasteiger charge is -2.29. The number of carbonyl (C=O) groups is 4. The van der Waals surface area contributed by atoms with Crippen molar-refractivity contribution in [1.29, 1.82) is 0 Å². The van der Waals surface area contributed by atoms with E-state index in [1.165, 1.54) is 14.2 Å². The highest BCUT2D eigenvalue weighted by molar-refractivity contribution is 7.27. The number of nitrogens with zero attached hydrogens (tertiary/aromatic N) is 4. The molecule has 7 rings (SSSR count). The van der Waals surface area contributed by atoms with Crippen molar-refractivity contribution in [3.63, 3.8) is 0 Å². The first-order valence-corrected chi connectivity index (χ1v) is 19.4. The molecule has 4 amide bonds. The topological polar surface area (TPSA) is 175 Å². The second-order valence-electron chi connectivity index (χ2n) is 13.5. The number of thiophene rings is 2. The number of alkyl carbamates (subject to hydrolysis) is 2. The summed E-state index contributed by atoms with van der Waals surface area (Å²) in [7, 11) is 2.56. The third-order valence-electron chi connectivity index (χ3n) is 9.93. The van der Waals surface area contributed by atoms with Crippen molar-refractivity contribution in [2.75, 3.05) is 27.3 Å². The second kappa shape index (κ2) is 15.0. The number of carbonyl (C=O) groups excluding carboxylic acids is 4. The number of ether oxygens (including phenoxy) is 2. The standard InChI is InChI=1S/C37H42N8O6S2/c1-6-23(42-36(48)50-4)34(46)44-13-7-9-27(44)32-38-16-26(41-32)22-18-53-30-21(17-52-31(22)30)20-11-12-24-25(15-20)40-33(39-24)28-10-8-14-45(28)35(47)29(19(2)3)43-37(49)51-5/h8,10-12,15-19,23,27-29H,6-7,9,13-14H2,1-5H3,(H,38,41)(H,39,40)(H,42,48)(H,43,49)/t23-,27?,28?,29+/m1/s1. The summed E-state index contributed by atoms with van der Waals surface area (Å²) in [6.07, 6.45) is 6.54. The summed E-state index contributed by atoms with van der Waals surface area (Å²) in [5, 5.41) is 9.63. The lowest BCUT2D eigenvalue weighted by atomic mass is 10.0. The molecule has 2 aliphatic heterocycles. The van der Waals surface area contributed by atoms with Crippen LogP contribution < -0.4 is 10.6 Å². The Balaban J connectivity index is 1.10. The lowest BCUT2D eigenvalue weighted by molar-refractivity contribution is -0.135. The van der Waals surface area contributed by atoms with Crippen LogP contribution in [0.3, 0.4) is 0 Å². The summed E-state index contributed by atoms with van der Waals surface area (Å²) in [5.41, 5.74) is 5.74. The molecule has 4 N–H and O–H groups in total. The molecule has 16 heteroatoms. The van der Waals surface area contributed by atoms with Gasteiger partial charge in [-0.15, -0.1) is 22.7 Å². The minimum atomic E-state index is -0.733. The number of hydrogen-bond donors (Lipinski definition) is 4. The van der Waals surface area contributed by atoms with Crippen LogP contribution in [-0.4, -0.2) is 93.1 Å². The highest BCUT2D eigenvalue weighted by Crippen LogP contribution is 2.44. The molecule has 0 saturated carbocycles. The van der Waals surface area contributed by atoms with Gasteiger partial charge in [0, 0.05) is 35.0 Å². The SMILES string of the molecule is CC[C@@H](NC(=O)OC)C(=O)N1CCCC1c1ncc(-c2csc3c(-c4ccc5nc(C6C=CCN6C(=O)[C@@H](NC(=O)OC)C(C)C)[nH]c5c4)csc23)[nH]1. The maximum atomic E-state index is 13.6. The molecule has 1 saturated heterocycles. The summed E-state index contributed by atoms with van der Waals surface area (Å²) < 4.78 is 11.8. The molecule has 0 bridgehead atoms. The van der Waals surface area contributed by atoms with Gasteiger partial charge in [-0.25, -0.2) is 19.6 Å². The summed E-state index contributed by atoms with van der Waals surface area (Å²) >= 11 is 3.34. The third kappa shape index (κ3) is 6.88. The van der Waals surface area contributed by atoms with Crippen molar-refractivity contribution >= 4 is 67.1 Å². The van der Waals surface area contributed by atoms with Gasteiger partial charge < -0.3 is 39.9 Å². The van der Waals surface area contributed by atoms with Gasteiger partial charge in [0.1, 0.15) is 29.8 Å². The molecule has 278 valence electrons. The number of benzene rings is 1. The average molecular weight is 759 g/mol. The smallest absolute Gasteiger partial charge is 0.407 e. The van der Waals surface area contributed by atoms with E-state index in [1.54, 1.807) is 32.5 Å². The van der Waals surface area contributed by atoms with Gasteiger partial charge in [-0.2, -0.15) is 0 Å². The third-order valence-corrected chi connectivity index (χ3v) is 12.1. The first-order valence-electron chi connectivity index (χ1n) is 17.6. The van der Waals surface area contributed by atoms with E-state index in [0.29, 0.717) is 25.3 Å². The maximum absolute atomic E-state index is 13.6. The molecule has 0 aliphatic carbocycles. The quantitative estimate of drug-likeness (QED) is 0.117. The van der Waals surface area contributed by atoms with Crippen LogP contribution in [0.25, 0.3) is 42.8 Å². The molecule has 53 heavy (non-hydrogen) atoms. The van der Waals surface area contributed by atoms with E-state index in [9.17, 15) is 19.2 Å². The van der Waals surface area contributed by atoms with Gasteiger partial charge in [-0.1, -0.05) is 39.0 Å². The predicted molar refractivity (Wildman–Crippen MR) is 203 cm³/mol. The van der Waals surface area contributed by atoms with Gasteiger partial charge in [0.25, 0.3) is 0 Å². The maximum Gasteiger partial charge on any atom is 0.407 e. The molecule has 0 spiro atoms. The number of nitrogens with one attached hydrogen (secondary N) is 4. The van der Waals surface area contributed by atoms with E-state index >= 15 is 0 Å². The summed E-state index contributed by atoms with van der Waals surface area (Å²) in [5.74, 6) is 0.899. The molecule has 4 aromatic heterocycles. The average Bonchev–Trinajstić information content (AvgIpc) is 4.00. The molecule has 1 fully saturated rings. The molecule has 4 atom stereocenters. The van der Waals surface area contributed by atoms with Gasteiger partial charge in [0.2, 0.25) is 11.8 Å². The van der Waals surface area contributed by atoms with E-state index in [-0.39, 0.29) is 23.8 Å². The number of imidazole rings is 2. The number of H-pyrrole nitrogens is 2. The Hall–Kier alpha value is -5.22. The Morgan fingerprint density at radius 1 is 0.962 bits per heavy atom. The summed E-state index contributed by atoms with van der Waals surface area (Å²) in [4.78, 5) is 70.9. The number of amides is 4. The highest BCUT2D eigenvalue weighted by Gasteiger charge is 2.37. The number of aromatic amines is 2. The molecule has 0 radical (unpaired) electrons. The number of likely N-dealkylation sites (tertiary alicyclic amines) is 1. The van der Waals surface area contributed by atoms with Crippen molar-refractivity contribution in [2.45, 2.75) is 64.2 Å². The Labute approximate surface area is 314 Å². The van der Waals surface area contributed by atoms with Crippen LogP contribution in [0, 0.1) is 5.92 Å². The van der Waals surface area contributed by atoms with Crippen LogP contribution in [0.5, 0.6) is 0 Å². The monoisotopic (exact) mass is 758 g/mol. The van der Waals surface area contributed by atoms with Gasteiger partial charge >= 0.3 is 12.2 Å². The van der Waals surface area contributed by atoms with E-state index < -0.39 is 30.3 Å². The zero-order chi connectivity index (χ0) is 37.4. The van der Waals surface area contributed by atoms with Crippen LogP contribution in [0.4, 0.5) is 9.59 Å². The number of hydrogen-bond acceptors (Lipinski definition) is 10. The molecule has 2 aliphatic rings. The largest absolute Gasteiger partial charge is 0.453 e. The van der Waals surface area contributed by atoms with Crippen LogP contribution in [0.15, 0.2) is 47.3 Å². The van der Waals surface area contributed by atoms with Crippen LogP contribution in [0.2, 0.25) is 0 Å². The van der Waals surface area contributed by atoms with Crippen molar-refractivity contribution in [1.82, 2.24) is 40.4 Å². The Kier molecular flexibility index (Phi) is 10.2. The Bertz CT molecular complexity index is 2200. The van der Waals surface area contributed by atoms with E-state index in [0.717, 1.165) is 61.5 Å². The Morgan fingerprint density at radius 2 is 1.70 bits per heavy atom. The molecule has 5 aromatic rings. The van der Waals surface area contributed by atoms with Crippen LogP contribution in [-0.2, 0) is 19.1 Å². The summed E-state index contributed by atoms with van der Waals surface area (Å²) in [6.45, 7) is 6.63. The van der Waals surface area contributed by atoms with Crippen molar-refractivity contribution in [3.05, 3.63) is 59.0 Å². The van der Waals surface area contributed by atoms with Gasteiger partial charge in [-0.05, 0) is 42.9 Å². The van der Waals surface area contributed by atoms with E-state index in [1.807, 2.05) is 45.2 Å².